The molecule has 0 saturated carbocycles. The van der Waals surface area contributed by atoms with Gasteiger partial charge in [0.15, 0.2) is 5.75 Å². The topological polar surface area (TPSA) is 102 Å². The highest BCUT2D eigenvalue weighted by Crippen LogP contribution is 2.30. The van der Waals surface area contributed by atoms with E-state index in [9.17, 15) is 22.8 Å². The van der Waals surface area contributed by atoms with Crippen molar-refractivity contribution in [2.45, 2.75) is 6.18 Å². The predicted octanol–water partition coefficient (Wildman–Crippen LogP) is 2.12. The molecule has 0 aliphatic heterocycles. The Morgan fingerprint density at radius 2 is 1.86 bits per heavy atom. The van der Waals surface area contributed by atoms with Gasteiger partial charge in [-0.05, 0) is 24.3 Å². The van der Waals surface area contributed by atoms with Crippen LogP contribution in [-0.2, 0) is 6.18 Å². The van der Waals surface area contributed by atoms with E-state index in [0.29, 0.717) is 0 Å². The molecule has 1 amide bonds. The Balaban J connectivity index is 2.02. The minimum atomic E-state index is -4.49. The Kier molecular flexibility index (Phi) is 4.02. The molecule has 0 spiro atoms. The van der Waals surface area contributed by atoms with Gasteiger partial charge in [0.25, 0.3) is 5.91 Å². The SMILES string of the molecule is O=C(NOc1ccc(C(F)(F)F)cc1)c1conc1C(=O)O. The van der Waals surface area contributed by atoms with Crippen LogP contribution >= 0.6 is 0 Å². The fraction of sp³-hybridized carbons (Fsp3) is 0.0833. The number of hydroxylamine groups is 1. The number of carboxylic acids is 1. The van der Waals surface area contributed by atoms with Gasteiger partial charge in [0.2, 0.25) is 5.69 Å². The first-order valence-electron chi connectivity index (χ1n) is 5.61. The predicted molar refractivity (Wildman–Crippen MR) is 63.0 cm³/mol. The molecule has 116 valence electrons. The Bertz CT molecular complexity index is 694. The smallest absolute Gasteiger partial charge is 0.416 e. The first-order valence-corrected chi connectivity index (χ1v) is 5.61. The number of halogens is 3. The van der Waals surface area contributed by atoms with E-state index in [1.165, 1.54) is 0 Å². The van der Waals surface area contributed by atoms with Gasteiger partial charge in [0, 0.05) is 0 Å². The van der Waals surface area contributed by atoms with Gasteiger partial charge in [-0.3, -0.25) is 4.79 Å². The number of carboxylic acid groups (broad SMARTS) is 1. The number of hydrogen-bond acceptors (Lipinski definition) is 5. The second-order valence-corrected chi connectivity index (χ2v) is 3.94. The molecule has 0 aliphatic rings. The number of alkyl halides is 3. The molecule has 0 aliphatic carbocycles. The van der Waals surface area contributed by atoms with Crippen LogP contribution < -0.4 is 10.3 Å². The summed E-state index contributed by atoms with van der Waals surface area (Å²) in [6.07, 6.45) is -3.68. The molecule has 1 aromatic heterocycles. The zero-order valence-electron chi connectivity index (χ0n) is 10.5. The van der Waals surface area contributed by atoms with Crippen LogP contribution in [0.5, 0.6) is 5.75 Å². The van der Waals surface area contributed by atoms with Crippen LogP contribution in [0.4, 0.5) is 13.2 Å². The molecule has 7 nitrogen and oxygen atoms in total. The van der Waals surface area contributed by atoms with Crippen LogP contribution in [0.1, 0.15) is 26.4 Å². The Morgan fingerprint density at radius 1 is 1.23 bits per heavy atom. The number of carbonyl (C=O) groups excluding carboxylic acids is 1. The highest BCUT2D eigenvalue weighted by atomic mass is 19.4. The largest absolute Gasteiger partial charge is 0.476 e. The van der Waals surface area contributed by atoms with Crippen molar-refractivity contribution in [1.29, 1.82) is 0 Å². The summed E-state index contributed by atoms with van der Waals surface area (Å²) in [5, 5.41) is 11.9. The first-order chi connectivity index (χ1) is 10.3. The minimum Gasteiger partial charge on any atom is -0.476 e. The molecule has 2 N–H and O–H groups in total. The van der Waals surface area contributed by atoms with Crippen LogP contribution in [0, 0.1) is 0 Å². The summed E-state index contributed by atoms with van der Waals surface area (Å²) in [4.78, 5) is 27.2. The van der Waals surface area contributed by atoms with E-state index in [2.05, 4.69) is 9.68 Å². The van der Waals surface area contributed by atoms with Crippen molar-refractivity contribution < 1.29 is 37.2 Å². The number of hydrogen-bond donors (Lipinski definition) is 2. The van der Waals surface area contributed by atoms with Crippen LogP contribution in [0.25, 0.3) is 0 Å². The number of amides is 1. The highest BCUT2D eigenvalue weighted by molar-refractivity contribution is 6.02. The van der Waals surface area contributed by atoms with Crippen molar-refractivity contribution in [1.82, 2.24) is 10.6 Å². The number of aromatic carboxylic acids is 1. The molecule has 0 unspecified atom stereocenters. The maximum atomic E-state index is 12.4. The van der Waals surface area contributed by atoms with Crippen LogP contribution in [-0.4, -0.2) is 22.1 Å². The third-order valence-corrected chi connectivity index (χ3v) is 2.46. The summed E-state index contributed by atoms with van der Waals surface area (Å²) < 4.78 is 41.4. The molecular formula is C12H7F3N2O5. The number of rotatable bonds is 4. The number of aromatic nitrogens is 1. The molecule has 2 aromatic rings. The van der Waals surface area contributed by atoms with Crippen LogP contribution in [0.3, 0.4) is 0 Å². The summed E-state index contributed by atoms with van der Waals surface area (Å²) in [5.41, 5.74) is -0.0117. The molecule has 0 bridgehead atoms. The maximum Gasteiger partial charge on any atom is 0.416 e. The van der Waals surface area contributed by atoms with Crippen LogP contribution in [0.2, 0.25) is 0 Å². The highest BCUT2D eigenvalue weighted by Gasteiger charge is 2.30. The number of nitrogens with zero attached hydrogens (tertiary/aromatic N) is 1. The molecule has 1 aromatic carbocycles. The van der Waals surface area contributed by atoms with Gasteiger partial charge in [-0.25, -0.2) is 4.79 Å². The summed E-state index contributed by atoms with van der Waals surface area (Å²) in [6.45, 7) is 0. The molecule has 0 saturated heterocycles. The average Bonchev–Trinajstić information content (AvgIpc) is 2.94. The molecule has 2 rings (SSSR count). The van der Waals surface area contributed by atoms with E-state index in [-0.39, 0.29) is 11.3 Å². The van der Waals surface area contributed by atoms with Gasteiger partial charge in [-0.1, -0.05) is 5.16 Å². The van der Waals surface area contributed by atoms with Crippen molar-refractivity contribution in [3.8, 4) is 5.75 Å². The van der Waals surface area contributed by atoms with Gasteiger partial charge >= 0.3 is 12.1 Å². The number of nitrogens with one attached hydrogen (secondary N) is 1. The van der Waals surface area contributed by atoms with Crippen molar-refractivity contribution in [3.05, 3.63) is 47.3 Å². The lowest BCUT2D eigenvalue weighted by atomic mass is 10.2. The third-order valence-electron chi connectivity index (χ3n) is 2.46. The standard InChI is InChI=1S/C12H7F3N2O5/c13-12(14,15)6-1-3-7(4-2-6)22-17-10(18)8-5-21-16-9(8)11(19)20/h1-5H,(H,17,18)(H,19,20). The van der Waals surface area contributed by atoms with E-state index in [1.54, 1.807) is 0 Å². The summed E-state index contributed by atoms with van der Waals surface area (Å²) in [5.74, 6) is -2.53. The molecule has 1 heterocycles. The van der Waals surface area contributed by atoms with E-state index < -0.39 is 29.3 Å². The van der Waals surface area contributed by atoms with Gasteiger partial charge in [0.05, 0.1) is 5.56 Å². The molecule has 22 heavy (non-hydrogen) atoms. The maximum absolute atomic E-state index is 12.4. The molecule has 10 heteroatoms. The zero-order chi connectivity index (χ0) is 16.3. The summed E-state index contributed by atoms with van der Waals surface area (Å²) in [6, 6.07) is 3.52. The summed E-state index contributed by atoms with van der Waals surface area (Å²) in [7, 11) is 0. The lowest BCUT2D eigenvalue weighted by molar-refractivity contribution is -0.137. The second kappa shape index (κ2) is 5.76. The van der Waals surface area contributed by atoms with Crippen molar-refractivity contribution in [3.63, 3.8) is 0 Å². The zero-order valence-corrected chi connectivity index (χ0v) is 10.5. The van der Waals surface area contributed by atoms with E-state index in [4.69, 9.17) is 9.94 Å². The van der Waals surface area contributed by atoms with Gasteiger partial charge in [-0.2, -0.15) is 18.7 Å². The van der Waals surface area contributed by atoms with Gasteiger partial charge in [-0.15, -0.1) is 0 Å². The molecular weight excluding hydrogens is 309 g/mol. The molecule has 0 radical (unpaired) electrons. The van der Waals surface area contributed by atoms with E-state index in [0.717, 1.165) is 30.5 Å². The lowest BCUT2D eigenvalue weighted by Crippen LogP contribution is -2.28. The number of benzene rings is 1. The second-order valence-electron chi connectivity index (χ2n) is 3.94. The van der Waals surface area contributed by atoms with Crippen molar-refractivity contribution in [2.24, 2.45) is 0 Å². The van der Waals surface area contributed by atoms with Crippen molar-refractivity contribution >= 4 is 11.9 Å². The van der Waals surface area contributed by atoms with E-state index >= 15 is 0 Å². The van der Waals surface area contributed by atoms with Crippen LogP contribution in [0.15, 0.2) is 35.1 Å². The quantitative estimate of drug-likeness (QED) is 0.838. The Hall–Kier alpha value is -3.04. The fourth-order valence-electron chi connectivity index (χ4n) is 1.42. The van der Waals surface area contributed by atoms with Gasteiger partial charge < -0.3 is 14.5 Å². The molecule has 0 atom stereocenters. The van der Waals surface area contributed by atoms with Gasteiger partial charge in [0.1, 0.15) is 11.8 Å². The third kappa shape index (κ3) is 3.34. The Morgan fingerprint density at radius 3 is 2.41 bits per heavy atom. The lowest BCUT2D eigenvalue weighted by Gasteiger charge is -2.08. The Labute approximate surface area is 120 Å². The summed E-state index contributed by atoms with van der Waals surface area (Å²) >= 11 is 0. The van der Waals surface area contributed by atoms with E-state index in [1.807, 2.05) is 5.48 Å². The fourth-order valence-corrected chi connectivity index (χ4v) is 1.42. The number of carbonyl (C=O) groups is 2. The average molecular weight is 316 g/mol. The molecule has 0 fully saturated rings. The normalized spacial score (nSPS) is 11.0. The first kappa shape index (κ1) is 15.4. The van der Waals surface area contributed by atoms with Crippen molar-refractivity contribution in [2.75, 3.05) is 0 Å². The monoisotopic (exact) mass is 316 g/mol. The minimum absolute atomic E-state index is 0.0744.